The minimum absolute atomic E-state index is 0. The van der Waals surface area contributed by atoms with Crippen molar-refractivity contribution in [1.82, 2.24) is 35.2 Å². The Morgan fingerprint density at radius 2 is 1.96 bits per heavy atom. The van der Waals surface area contributed by atoms with Crippen molar-refractivity contribution < 1.29 is 0 Å². The van der Waals surface area contributed by atoms with Crippen LogP contribution in [0.3, 0.4) is 0 Å². The van der Waals surface area contributed by atoms with E-state index in [9.17, 15) is 0 Å². The number of aryl methyl sites for hydroxylation is 2. The molecule has 0 unspecified atom stereocenters. The predicted octanol–water partition coefficient (Wildman–Crippen LogP) is 1.86. The molecule has 2 aromatic rings. The number of aromatic nitrogens is 5. The Morgan fingerprint density at radius 1 is 1.20 bits per heavy atom. The van der Waals surface area contributed by atoms with Gasteiger partial charge in [0.2, 0.25) is 0 Å². The minimum atomic E-state index is 0. The van der Waals surface area contributed by atoms with Crippen molar-refractivity contribution >= 4 is 29.9 Å². The smallest absolute Gasteiger partial charge is 0.191 e. The average Bonchev–Trinajstić information content (AvgIpc) is 3.20. The molecule has 0 saturated heterocycles. The molecular formula is C16H29IN8. The molecule has 0 atom stereocenters. The highest BCUT2D eigenvalue weighted by atomic mass is 127. The Labute approximate surface area is 166 Å². The summed E-state index contributed by atoms with van der Waals surface area (Å²) in [7, 11) is 1.96. The maximum atomic E-state index is 4.62. The molecule has 0 amide bonds. The van der Waals surface area contributed by atoms with Gasteiger partial charge in [-0.1, -0.05) is 13.3 Å². The van der Waals surface area contributed by atoms with E-state index in [1.54, 1.807) is 6.20 Å². The molecule has 0 saturated carbocycles. The zero-order valence-electron chi connectivity index (χ0n) is 15.3. The van der Waals surface area contributed by atoms with E-state index in [0.29, 0.717) is 6.54 Å². The van der Waals surface area contributed by atoms with Crippen LogP contribution in [0.15, 0.2) is 23.5 Å². The lowest BCUT2D eigenvalue weighted by Gasteiger charge is -2.12. The van der Waals surface area contributed by atoms with Crippen LogP contribution >= 0.6 is 24.0 Å². The summed E-state index contributed by atoms with van der Waals surface area (Å²) in [5.74, 6) is 2.58. The second kappa shape index (κ2) is 11.8. The number of nitrogens with one attached hydrogen (secondary N) is 2. The maximum Gasteiger partial charge on any atom is 0.191 e. The molecule has 0 radical (unpaired) electrons. The van der Waals surface area contributed by atoms with Crippen LogP contribution in [0.25, 0.3) is 0 Å². The molecule has 2 N–H and O–H groups in total. The van der Waals surface area contributed by atoms with Crippen LogP contribution in [0.5, 0.6) is 0 Å². The standard InChI is InChI=1S/C16H28N8.HI/c1-4-5-8-17-16(18-9-6-11-24-12-7-10-20-24)19-13-15-22-21-14(2)23(15)3;/h7,10,12H,4-6,8-9,11,13H2,1-3H3,(H2,17,18,19);1H. The Hall–Kier alpha value is -1.65. The molecule has 8 nitrogen and oxygen atoms in total. The van der Waals surface area contributed by atoms with Crippen LogP contribution in [0, 0.1) is 6.92 Å². The van der Waals surface area contributed by atoms with E-state index < -0.39 is 0 Å². The second-order valence-corrected chi connectivity index (χ2v) is 5.72. The van der Waals surface area contributed by atoms with Gasteiger partial charge in [-0.2, -0.15) is 5.10 Å². The molecule has 0 spiro atoms. The van der Waals surface area contributed by atoms with Crippen LogP contribution < -0.4 is 10.6 Å². The van der Waals surface area contributed by atoms with Gasteiger partial charge in [0.25, 0.3) is 0 Å². The summed E-state index contributed by atoms with van der Waals surface area (Å²) in [6, 6.07) is 1.94. The van der Waals surface area contributed by atoms with Crippen LogP contribution in [-0.4, -0.2) is 43.6 Å². The third kappa shape index (κ3) is 7.41. The molecule has 0 aliphatic carbocycles. The number of nitrogens with zero attached hydrogens (tertiary/aromatic N) is 6. The zero-order chi connectivity index (χ0) is 17.2. The second-order valence-electron chi connectivity index (χ2n) is 5.72. The van der Waals surface area contributed by atoms with Crippen molar-refractivity contribution in [1.29, 1.82) is 0 Å². The molecule has 2 heterocycles. The molecule has 2 aromatic heterocycles. The number of aliphatic imine (C=N–C) groups is 1. The van der Waals surface area contributed by atoms with Crippen LogP contribution in [0.2, 0.25) is 0 Å². The molecule has 0 bridgehead atoms. The lowest BCUT2D eigenvalue weighted by Crippen LogP contribution is -2.38. The van der Waals surface area contributed by atoms with Gasteiger partial charge in [-0.05, 0) is 25.8 Å². The first-order chi connectivity index (χ1) is 11.7. The molecular weight excluding hydrogens is 431 g/mol. The number of halogens is 1. The molecule has 140 valence electrons. The highest BCUT2D eigenvalue weighted by Crippen LogP contribution is 1.99. The highest BCUT2D eigenvalue weighted by molar-refractivity contribution is 14.0. The summed E-state index contributed by atoms with van der Waals surface area (Å²) in [5, 5.41) is 19.2. The number of unbranched alkanes of at least 4 members (excludes halogenated alkanes) is 1. The van der Waals surface area contributed by atoms with E-state index in [-0.39, 0.29) is 24.0 Å². The number of hydrogen-bond donors (Lipinski definition) is 2. The highest BCUT2D eigenvalue weighted by Gasteiger charge is 2.05. The number of rotatable bonds is 9. The minimum Gasteiger partial charge on any atom is -0.356 e. The molecule has 25 heavy (non-hydrogen) atoms. The predicted molar refractivity (Wildman–Crippen MR) is 110 cm³/mol. The lowest BCUT2D eigenvalue weighted by atomic mass is 10.3. The zero-order valence-corrected chi connectivity index (χ0v) is 17.6. The SMILES string of the molecule is CCCCNC(=NCc1nnc(C)n1C)NCCCn1cccn1.I. The number of hydrogen-bond acceptors (Lipinski definition) is 4. The Morgan fingerprint density at radius 3 is 2.56 bits per heavy atom. The first-order valence-electron chi connectivity index (χ1n) is 8.55. The van der Waals surface area contributed by atoms with Gasteiger partial charge in [0.1, 0.15) is 12.4 Å². The van der Waals surface area contributed by atoms with Gasteiger partial charge in [0, 0.05) is 39.1 Å². The maximum absolute atomic E-state index is 4.62. The van der Waals surface area contributed by atoms with Crippen molar-refractivity contribution in [3.8, 4) is 0 Å². The van der Waals surface area contributed by atoms with Crippen LogP contribution in [0.4, 0.5) is 0 Å². The van der Waals surface area contributed by atoms with Crippen molar-refractivity contribution in [3.05, 3.63) is 30.1 Å². The third-order valence-electron chi connectivity index (χ3n) is 3.80. The first-order valence-corrected chi connectivity index (χ1v) is 8.55. The fourth-order valence-corrected chi connectivity index (χ4v) is 2.18. The summed E-state index contributed by atoms with van der Waals surface area (Å²) in [6.07, 6.45) is 7.04. The van der Waals surface area contributed by atoms with Crippen LogP contribution in [-0.2, 0) is 20.1 Å². The van der Waals surface area contributed by atoms with E-state index in [1.807, 2.05) is 35.5 Å². The van der Waals surface area contributed by atoms with E-state index in [2.05, 4.69) is 37.8 Å². The summed E-state index contributed by atoms with van der Waals surface area (Å²) in [4.78, 5) is 4.62. The van der Waals surface area contributed by atoms with Gasteiger partial charge in [-0.3, -0.25) is 4.68 Å². The van der Waals surface area contributed by atoms with E-state index in [0.717, 1.165) is 56.5 Å². The van der Waals surface area contributed by atoms with E-state index in [4.69, 9.17) is 0 Å². The van der Waals surface area contributed by atoms with Crippen molar-refractivity contribution in [2.24, 2.45) is 12.0 Å². The average molecular weight is 460 g/mol. The fraction of sp³-hybridized carbons (Fsp3) is 0.625. The van der Waals surface area contributed by atoms with Crippen LogP contribution in [0.1, 0.15) is 37.8 Å². The van der Waals surface area contributed by atoms with E-state index >= 15 is 0 Å². The molecule has 0 aromatic carbocycles. The Bertz CT molecular complexity index is 620. The number of guanidine groups is 1. The largest absolute Gasteiger partial charge is 0.356 e. The topological polar surface area (TPSA) is 85.0 Å². The fourth-order valence-electron chi connectivity index (χ4n) is 2.18. The first kappa shape index (κ1) is 21.4. The monoisotopic (exact) mass is 460 g/mol. The molecule has 0 aliphatic rings. The van der Waals surface area contributed by atoms with Gasteiger partial charge in [-0.25, -0.2) is 4.99 Å². The molecule has 0 fully saturated rings. The molecule has 0 aliphatic heterocycles. The van der Waals surface area contributed by atoms with Crippen molar-refractivity contribution in [2.45, 2.75) is 46.2 Å². The van der Waals surface area contributed by atoms with Crippen molar-refractivity contribution in [2.75, 3.05) is 13.1 Å². The normalized spacial score (nSPS) is 11.2. The van der Waals surface area contributed by atoms with Gasteiger partial charge < -0.3 is 15.2 Å². The third-order valence-corrected chi connectivity index (χ3v) is 3.80. The molecule has 2 rings (SSSR count). The summed E-state index contributed by atoms with van der Waals surface area (Å²) >= 11 is 0. The summed E-state index contributed by atoms with van der Waals surface area (Å²) in [6.45, 7) is 7.28. The quantitative estimate of drug-likeness (QED) is 0.258. The Kier molecular flexibility index (Phi) is 10.1. The lowest BCUT2D eigenvalue weighted by molar-refractivity contribution is 0.569. The van der Waals surface area contributed by atoms with Gasteiger partial charge in [-0.15, -0.1) is 34.2 Å². The van der Waals surface area contributed by atoms with Gasteiger partial charge in [0.15, 0.2) is 11.8 Å². The van der Waals surface area contributed by atoms with Crippen molar-refractivity contribution in [3.63, 3.8) is 0 Å². The molecule has 9 heteroatoms. The van der Waals surface area contributed by atoms with Gasteiger partial charge >= 0.3 is 0 Å². The Balaban J connectivity index is 0.00000312. The summed E-state index contributed by atoms with van der Waals surface area (Å²) in [5.41, 5.74) is 0. The summed E-state index contributed by atoms with van der Waals surface area (Å²) < 4.78 is 3.90. The van der Waals surface area contributed by atoms with Gasteiger partial charge in [0.05, 0.1) is 0 Å². The van der Waals surface area contributed by atoms with E-state index in [1.165, 1.54) is 0 Å².